The highest BCUT2D eigenvalue weighted by Crippen LogP contribution is 2.00. The fourth-order valence-corrected chi connectivity index (χ4v) is 0.778. The highest BCUT2D eigenvalue weighted by molar-refractivity contribution is 6.37. The molecule has 1 heterocycles. The van der Waals surface area contributed by atoms with Crippen molar-refractivity contribution in [3.05, 3.63) is 18.3 Å². The number of amides is 1. The van der Waals surface area contributed by atoms with Crippen LogP contribution in [0.5, 0.6) is 0 Å². The number of hydrogen-bond donors (Lipinski definition) is 2. The second-order valence-corrected chi connectivity index (χ2v) is 2.26. The zero-order valence-corrected chi connectivity index (χ0v) is 7.16. The van der Waals surface area contributed by atoms with Gasteiger partial charge in [-0.05, 0) is 19.1 Å². The minimum Gasteiger partial charge on any atom is -0.459 e. The number of H-pyrrole nitrogens is 1. The number of ether oxygens (including phenoxy) is 1. The van der Waals surface area contributed by atoms with E-state index in [4.69, 9.17) is 0 Å². The molecule has 13 heavy (non-hydrogen) atoms. The van der Waals surface area contributed by atoms with E-state index >= 15 is 0 Å². The molecule has 0 unspecified atom stereocenters. The van der Waals surface area contributed by atoms with Crippen LogP contribution in [0.3, 0.4) is 0 Å². The third-order valence-electron chi connectivity index (χ3n) is 1.31. The van der Waals surface area contributed by atoms with Crippen LogP contribution >= 0.6 is 0 Å². The first-order chi connectivity index (χ1) is 6.24. The lowest BCUT2D eigenvalue weighted by Crippen LogP contribution is -2.25. The summed E-state index contributed by atoms with van der Waals surface area (Å²) in [6, 6.07) is 3.35. The predicted molar refractivity (Wildman–Crippen MR) is 46.1 cm³/mol. The molecule has 0 atom stereocenters. The van der Waals surface area contributed by atoms with Gasteiger partial charge in [-0.25, -0.2) is 4.79 Å². The van der Waals surface area contributed by atoms with Crippen LogP contribution in [0.25, 0.3) is 0 Å². The average Bonchev–Trinajstić information content (AvgIpc) is 2.57. The van der Waals surface area contributed by atoms with E-state index in [0.717, 1.165) is 0 Å². The van der Waals surface area contributed by atoms with Crippen LogP contribution in [-0.4, -0.2) is 23.5 Å². The Morgan fingerprint density at radius 1 is 1.62 bits per heavy atom. The highest BCUT2D eigenvalue weighted by atomic mass is 16.5. The number of rotatable bonds is 2. The summed E-state index contributed by atoms with van der Waals surface area (Å²) < 4.78 is 4.49. The van der Waals surface area contributed by atoms with E-state index in [-0.39, 0.29) is 6.61 Å². The predicted octanol–water partition coefficient (Wildman–Crippen LogP) is 0.516. The Morgan fingerprint density at radius 3 is 2.92 bits per heavy atom. The second-order valence-electron chi connectivity index (χ2n) is 2.26. The summed E-state index contributed by atoms with van der Waals surface area (Å²) in [6.07, 6.45) is 1.64. The number of aromatic amines is 1. The molecule has 1 aromatic heterocycles. The van der Waals surface area contributed by atoms with Gasteiger partial charge in [0.15, 0.2) is 0 Å². The standard InChI is InChI=1S/C8H10N2O3/c1-2-13-8(12)7(11)10-6-4-3-5-9-6/h3-5,9H,2H2,1H3,(H,10,11). The minimum atomic E-state index is -0.878. The fourth-order valence-electron chi connectivity index (χ4n) is 0.778. The van der Waals surface area contributed by atoms with Gasteiger partial charge in [-0.15, -0.1) is 0 Å². The van der Waals surface area contributed by atoms with Crippen molar-refractivity contribution in [3.63, 3.8) is 0 Å². The van der Waals surface area contributed by atoms with Gasteiger partial charge in [0, 0.05) is 6.20 Å². The lowest BCUT2D eigenvalue weighted by molar-refractivity contribution is -0.152. The van der Waals surface area contributed by atoms with E-state index in [2.05, 4.69) is 15.0 Å². The van der Waals surface area contributed by atoms with Crippen molar-refractivity contribution in [1.82, 2.24) is 4.98 Å². The van der Waals surface area contributed by atoms with Crippen LogP contribution in [0.15, 0.2) is 18.3 Å². The lowest BCUT2D eigenvalue weighted by Gasteiger charge is -2.01. The van der Waals surface area contributed by atoms with Crippen LogP contribution < -0.4 is 5.32 Å². The second kappa shape index (κ2) is 4.30. The Hall–Kier alpha value is -1.78. The molecule has 5 heteroatoms. The van der Waals surface area contributed by atoms with Crippen LogP contribution in [0.2, 0.25) is 0 Å². The van der Waals surface area contributed by atoms with E-state index < -0.39 is 11.9 Å². The molecule has 0 bridgehead atoms. The topological polar surface area (TPSA) is 71.2 Å². The molecule has 2 N–H and O–H groups in total. The number of esters is 1. The first-order valence-electron chi connectivity index (χ1n) is 3.85. The first-order valence-corrected chi connectivity index (χ1v) is 3.85. The summed E-state index contributed by atoms with van der Waals surface area (Å²) >= 11 is 0. The van der Waals surface area contributed by atoms with E-state index in [9.17, 15) is 9.59 Å². The molecule has 0 fully saturated rings. The molecule has 0 radical (unpaired) electrons. The van der Waals surface area contributed by atoms with Gasteiger partial charge in [0.25, 0.3) is 0 Å². The van der Waals surface area contributed by atoms with E-state index in [1.807, 2.05) is 0 Å². The zero-order chi connectivity index (χ0) is 9.68. The Bertz CT molecular complexity index is 292. The number of nitrogens with one attached hydrogen (secondary N) is 2. The molecule has 70 valence electrons. The summed E-state index contributed by atoms with van der Waals surface area (Å²) in [5.74, 6) is -1.18. The van der Waals surface area contributed by atoms with Crippen molar-refractivity contribution < 1.29 is 14.3 Å². The largest absolute Gasteiger partial charge is 0.459 e. The van der Waals surface area contributed by atoms with Gasteiger partial charge in [0.1, 0.15) is 5.82 Å². The van der Waals surface area contributed by atoms with E-state index in [1.165, 1.54) is 0 Å². The highest BCUT2D eigenvalue weighted by Gasteiger charge is 2.14. The van der Waals surface area contributed by atoms with Crippen molar-refractivity contribution in [2.24, 2.45) is 0 Å². The molecule has 0 saturated heterocycles. The molecule has 1 rings (SSSR count). The molecule has 0 aliphatic heterocycles. The SMILES string of the molecule is CCOC(=O)C(=O)Nc1ccc[nH]1. The van der Waals surface area contributed by atoms with Crippen molar-refractivity contribution in [2.75, 3.05) is 11.9 Å². The third-order valence-corrected chi connectivity index (χ3v) is 1.31. The third kappa shape index (κ3) is 2.62. The maximum absolute atomic E-state index is 11.0. The Kier molecular flexibility index (Phi) is 3.08. The van der Waals surface area contributed by atoms with Crippen LogP contribution in [0, 0.1) is 0 Å². The number of anilines is 1. The maximum atomic E-state index is 11.0. The summed E-state index contributed by atoms with van der Waals surface area (Å²) in [5.41, 5.74) is 0. The van der Waals surface area contributed by atoms with Crippen LogP contribution in [-0.2, 0) is 14.3 Å². The van der Waals surface area contributed by atoms with Gasteiger partial charge < -0.3 is 15.0 Å². The van der Waals surface area contributed by atoms with E-state index in [1.54, 1.807) is 25.3 Å². The van der Waals surface area contributed by atoms with Crippen LogP contribution in [0.1, 0.15) is 6.92 Å². The first kappa shape index (κ1) is 9.31. The van der Waals surface area contributed by atoms with Gasteiger partial charge in [-0.3, -0.25) is 4.79 Å². The molecule has 0 aromatic carbocycles. The Labute approximate surface area is 75.1 Å². The molecular weight excluding hydrogens is 172 g/mol. The van der Waals surface area contributed by atoms with E-state index in [0.29, 0.717) is 5.82 Å². The normalized spacial score (nSPS) is 9.31. The van der Waals surface area contributed by atoms with Gasteiger partial charge in [-0.1, -0.05) is 0 Å². The molecular formula is C8H10N2O3. The maximum Gasteiger partial charge on any atom is 0.397 e. The Morgan fingerprint density at radius 2 is 2.38 bits per heavy atom. The van der Waals surface area contributed by atoms with Gasteiger partial charge in [0.2, 0.25) is 0 Å². The summed E-state index contributed by atoms with van der Waals surface area (Å²) in [6.45, 7) is 1.83. The fraction of sp³-hybridized carbons (Fsp3) is 0.250. The minimum absolute atomic E-state index is 0.191. The number of hydrogen-bond acceptors (Lipinski definition) is 3. The summed E-state index contributed by atoms with van der Waals surface area (Å²) in [5, 5.41) is 2.34. The monoisotopic (exact) mass is 182 g/mol. The zero-order valence-electron chi connectivity index (χ0n) is 7.16. The lowest BCUT2D eigenvalue weighted by atomic mass is 10.5. The van der Waals surface area contributed by atoms with Gasteiger partial charge in [0.05, 0.1) is 6.61 Å². The molecule has 1 amide bonds. The summed E-state index contributed by atoms with van der Waals surface area (Å²) in [7, 11) is 0. The number of aromatic nitrogens is 1. The van der Waals surface area contributed by atoms with Crippen molar-refractivity contribution in [3.8, 4) is 0 Å². The van der Waals surface area contributed by atoms with Crippen molar-refractivity contribution in [2.45, 2.75) is 6.92 Å². The molecule has 5 nitrogen and oxygen atoms in total. The number of carbonyl (C=O) groups excluding carboxylic acids is 2. The molecule has 1 aromatic rings. The number of carbonyl (C=O) groups is 2. The quantitative estimate of drug-likeness (QED) is 0.517. The Balaban J connectivity index is 2.46. The summed E-state index contributed by atoms with van der Waals surface area (Å²) in [4.78, 5) is 24.5. The van der Waals surface area contributed by atoms with Gasteiger partial charge in [-0.2, -0.15) is 0 Å². The smallest absolute Gasteiger partial charge is 0.397 e. The van der Waals surface area contributed by atoms with Gasteiger partial charge >= 0.3 is 11.9 Å². The van der Waals surface area contributed by atoms with Crippen molar-refractivity contribution in [1.29, 1.82) is 0 Å². The molecule has 0 aliphatic rings. The molecule has 0 aliphatic carbocycles. The molecule has 0 spiro atoms. The van der Waals surface area contributed by atoms with Crippen molar-refractivity contribution >= 4 is 17.7 Å². The van der Waals surface area contributed by atoms with Crippen LogP contribution in [0.4, 0.5) is 5.82 Å². The molecule has 0 saturated carbocycles. The average molecular weight is 182 g/mol.